The van der Waals surface area contributed by atoms with Gasteiger partial charge in [-0.25, -0.2) is 14.0 Å². The van der Waals surface area contributed by atoms with Crippen molar-refractivity contribution >= 4 is 17.8 Å². The minimum Gasteiger partial charge on any atom is -0.447 e. The van der Waals surface area contributed by atoms with E-state index in [1.165, 1.54) is 4.90 Å². The highest BCUT2D eigenvalue weighted by Crippen LogP contribution is 2.36. The fourth-order valence-corrected chi connectivity index (χ4v) is 4.38. The maximum atomic E-state index is 14.0. The lowest BCUT2D eigenvalue weighted by molar-refractivity contribution is -0.137. The lowest BCUT2D eigenvalue weighted by atomic mass is 9.99. The van der Waals surface area contributed by atoms with Crippen molar-refractivity contribution in [2.24, 2.45) is 0 Å². The third-order valence-corrected chi connectivity index (χ3v) is 6.01. The zero-order valence-corrected chi connectivity index (χ0v) is 17.6. The van der Waals surface area contributed by atoms with Crippen molar-refractivity contribution in [1.29, 1.82) is 0 Å². The van der Waals surface area contributed by atoms with Crippen molar-refractivity contribution in [2.75, 3.05) is 25.0 Å². The lowest BCUT2D eigenvalue weighted by Gasteiger charge is -2.38. The molecule has 0 saturated carbocycles. The van der Waals surface area contributed by atoms with Crippen LogP contribution in [0, 0.1) is 5.82 Å². The molecule has 2 aliphatic rings. The van der Waals surface area contributed by atoms with E-state index in [1.807, 2.05) is 30.3 Å². The molecule has 176 valence electrons. The summed E-state index contributed by atoms with van der Waals surface area (Å²) in [7, 11) is 0. The highest BCUT2D eigenvalue weighted by atomic mass is 19.4. The summed E-state index contributed by atoms with van der Waals surface area (Å²) < 4.78 is 58.9. The van der Waals surface area contributed by atoms with Gasteiger partial charge in [0.1, 0.15) is 12.4 Å². The van der Waals surface area contributed by atoms with Gasteiger partial charge in [-0.1, -0.05) is 36.4 Å². The van der Waals surface area contributed by atoms with Gasteiger partial charge in [0.05, 0.1) is 17.3 Å². The first-order valence-corrected chi connectivity index (χ1v) is 10.6. The van der Waals surface area contributed by atoms with Crippen LogP contribution in [0.4, 0.5) is 32.8 Å². The number of alkyl halides is 3. The molecule has 4 rings (SSSR count). The molecule has 2 aliphatic heterocycles. The van der Waals surface area contributed by atoms with Crippen molar-refractivity contribution in [3.8, 4) is 0 Å². The Morgan fingerprint density at radius 2 is 1.76 bits per heavy atom. The highest BCUT2D eigenvalue weighted by Gasteiger charge is 2.40. The third kappa shape index (κ3) is 5.04. The van der Waals surface area contributed by atoms with E-state index in [4.69, 9.17) is 4.74 Å². The zero-order valence-electron chi connectivity index (χ0n) is 17.6. The van der Waals surface area contributed by atoms with E-state index in [0.717, 1.165) is 23.8 Å². The van der Waals surface area contributed by atoms with E-state index in [0.29, 0.717) is 19.3 Å². The van der Waals surface area contributed by atoms with Crippen molar-refractivity contribution in [1.82, 2.24) is 9.80 Å². The first-order valence-electron chi connectivity index (χ1n) is 10.6. The summed E-state index contributed by atoms with van der Waals surface area (Å²) in [4.78, 5) is 28.0. The molecule has 2 fully saturated rings. The molecule has 1 atom stereocenters. The molecule has 0 bridgehead atoms. The number of nitrogens with zero attached hydrogens (tertiary/aromatic N) is 2. The predicted molar refractivity (Wildman–Crippen MR) is 112 cm³/mol. The molecule has 10 heteroatoms. The molecular weight excluding hydrogens is 442 g/mol. The van der Waals surface area contributed by atoms with E-state index in [2.05, 4.69) is 5.32 Å². The van der Waals surface area contributed by atoms with Gasteiger partial charge in [0.2, 0.25) is 0 Å². The Bertz CT molecular complexity index is 1010. The summed E-state index contributed by atoms with van der Waals surface area (Å²) in [6.45, 7) is 0.713. The predicted octanol–water partition coefficient (Wildman–Crippen LogP) is 4.90. The summed E-state index contributed by atoms with van der Waals surface area (Å²) >= 11 is 0. The normalized spacial score (nSPS) is 19.5. The van der Waals surface area contributed by atoms with E-state index in [-0.39, 0.29) is 31.8 Å². The van der Waals surface area contributed by atoms with Crippen LogP contribution >= 0.6 is 0 Å². The topological polar surface area (TPSA) is 61.9 Å². The second kappa shape index (κ2) is 9.29. The summed E-state index contributed by atoms with van der Waals surface area (Å²) in [6.07, 6.45) is -3.68. The molecule has 3 amide bonds. The Morgan fingerprint density at radius 3 is 2.42 bits per heavy atom. The number of urea groups is 1. The van der Waals surface area contributed by atoms with E-state index < -0.39 is 35.4 Å². The van der Waals surface area contributed by atoms with E-state index >= 15 is 0 Å². The summed E-state index contributed by atoms with van der Waals surface area (Å²) in [5.74, 6) is -1.16. The molecule has 2 aromatic rings. The van der Waals surface area contributed by atoms with Crippen LogP contribution in [-0.4, -0.2) is 53.7 Å². The largest absolute Gasteiger partial charge is 0.447 e. The van der Waals surface area contributed by atoms with Crippen LogP contribution in [0.5, 0.6) is 0 Å². The number of carbonyl (C=O) groups excluding carboxylic acids is 2. The van der Waals surface area contributed by atoms with Gasteiger partial charge in [-0.05, 0) is 37.0 Å². The fourth-order valence-electron chi connectivity index (χ4n) is 4.38. The number of nitrogens with one attached hydrogen (secondary N) is 1. The Hall–Kier alpha value is -3.30. The molecule has 2 aromatic carbocycles. The molecule has 0 aromatic heterocycles. The van der Waals surface area contributed by atoms with Gasteiger partial charge in [0.25, 0.3) is 0 Å². The van der Waals surface area contributed by atoms with Crippen LogP contribution in [0.3, 0.4) is 0 Å². The third-order valence-electron chi connectivity index (χ3n) is 6.01. The zero-order chi connectivity index (χ0) is 23.6. The van der Waals surface area contributed by atoms with Crippen LogP contribution in [-0.2, 0) is 17.3 Å². The second-order valence-corrected chi connectivity index (χ2v) is 8.14. The smallest absolute Gasteiger partial charge is 0.418 e. The van der Waals surface area contributed by atoms with Crippen molar-refractivity contribution in [2.45, 2.75) is 37.5 Å². The monoisotopic (exact) mass is 465 g/mol. The van der Waals surface area contributed by atoms with Crippen molar-refractivity contribution < 1.29 is 31.9 Å². The lowest BCUT2D eigenvalue weighted by Crippen LogP contribution is -2.51. The van der Waals surface area contributed by atoms with Crippen molar-refractivity contribution in [3.63, 3.8) is 0 Å². The Labute approximate surface area is 188 Å². The number of para-hydroxylation sites is 1. The highest BCUT2D eigenvalue weighted by molar-refractivity contribution is 5.90. The number of likely N-dealkylation sites (tertiary alicyclic amines) is 1. The quantitative estimate of drug-likeness (QED) is 0.654. The number of benzene rings is 2. The average molecular weight is 465 g/mol. The van der Waals surface area contributed by atoms with Crippen molar-refractivity contribution in [3.05, 3.63) is 65.5 Å². The number of amides is 3. The van der Waals surface area contributed by atoms with Gasteiger partial charge >= 0.3 is 18.3 Å². The number of rotatable bonds is 4. The molecular formula is C23H23F4N3O3. The molecule has 6 nitrogen and oxygen atoms in total. The summed E-state index contributed by atoms with van der Waals surface area (Å²) in [5, 5.41) is 2.08. The van der Waals surface area contributed by atoms with Gasteiger partial charge in [-0.15, -0.1) is 0 Å². The maximum Gasteiger partial charge on any atom is 0.418 e. The van der Waals surface area contributed by atoms with Crippen LogP contribution in [0.15, 0.2) is 48.5 Å². The first kappa shape index (κ1) is 22.9. The number of hydrogen-bond donors (Lipinski definition) is 1. The molecule has 1 N–H and O–H groups in total. The van der Waals surface area contributed by atoms with Gasteiger partial charge in [-0.2, -0.15) is 13.2 Å². The van der Waals surface area contributed by atoms with Crippen LogP contribution in [0.1, 0.15) is 24.0 Å². The second-order valence-electron chi connectivity index (χ2n) is 8.14. The van der Waals surface area contributed by atoms with E-state index in [9.17, 15) is 27.2 Å². The van der Waals surface area contributed by atoms with Gasteiger partial charge in [-0.3, -0.25) is 4.90 Å². The molecule has 2 saturated heterocycles. The van der Waals surface area contributed by atoms with Crippen LogP contribution in [0.2, 0.25) is 0 Å². The Balaban J connectivity index is 1.39. The average Bonchev–Trinajstić information content (AvgIpc) is 3.15. The van der Waals surface area contributed by atoms with Gasteiger partial charge in [0, 0.05) is 19.1 Å². The summed E-state index contributed by atoms with van der Waals surface area (Å²) in [6, 6.07) is 11.2. The number of ether oxygens (including phenoxy) is 1. The minimum absolute atomic E-state index is 0.127. The van der Waals surface area contributed by atoms with Crippen LogP contribution in [0.25, 0.3) is 0 Å². The fraction of sp³-hybridized carbons (Fsp3) is 0.391. The molecule has 0 radical (unpaired) electrons. The number of anilines is 1. The van der Waals surface area contributed by atoms with Gasteiger partial charge < -0.3 is 15.0 Å². The Kier molecular flexibility index (Phi) is 6.44. The van der Waals surface area contributed by atoms with Crippen LogP contribution < -0.4 is 5.32 Å². The number of piperidine rings is 1. The number of halogens is 4. The number of cyclic esters (lactones) is 1. The molecule has 33 heavy (non-hydrogen) atoms. The molecule has 1 unspecified atom stereocenters. The van der Waals surface area contributed by atoms with Gasteiger partial charge in [0.15, 0.2) is 0 Å². The Morgan fingerprint density at radius 1 is 1.06 bits per heavy atom. The number of hydrogen-bond acceptors (Lipinski definition) is 3. The summed E-state index contributed by atoms with van der Waals surface area (Å²) in [5.41, 5.74) is -1.05. The minimum atomic E-state index is -4.80. The van der Waals surface area contributed by atoms with E-state index in [1.54, 1.807) is 4.90 Å². The molecule has 0 aliphatic carbocycles. The molecule has 0 spiro atoms. The SMILES string of the molecule is O=C(Nc1c(F)cccc1C(F)(F)F)N1CCC(N2C(=O)OCC2Cc2ccccc2)CC1. The molecule has 2 heterocycles. The number of carbonyl (C=O) groups is 2. The maximum absolute atomic E-state index is 14.0. The first-order chi connectivity index (χ1) is 15.7. The standard InChI is InChI=1S/C23H23F4N3O3/c24-19-8-4-7-18(23(25,26)27)20(19)28-21(31)29-11-9-16(10-12-29)30-17(14-33-22(30)32)13-15-5-2-1-3-6-15/h1-8,16-17H,9-14H2,(H,28,31).